The maximum absolute atomic E-state index is 14.1. The lowest BCUT2D eigenvalue weighted by Crippen LogP contribution is -2.06. The van der Waals surface area contributed by atoms with Gasteiger partial charge in [0, 0.05) is 11.8 Å². The van der Waals surface area contributed by atoms with Crippen molar-refractivity contribution in [3.8, 4) is 16.9 Å². The van der Waals surface area contributed by atoms with Gasteiger partial charge in [-0.2, -0.15) is 0 Å². The smallest absolute Gasteiger partial charge is 0.200 e. The van der Waals surface area contributed by atoms with Crippen molar-refractivity contribution in [3.63, 3.8) is 0 Å². The Hall–Kier alpha value is -3.22. The zero-order valence-electron chi connectivity index (χ0n) is 17.0. The van der Waals surface area contributed by atoms with Gasteiger partial charge in [0.1, 0.15) is 11.4 Å². The number of aliphatic imine (C=N–C) groups is 1. The van der Waals surface area contributed by atoms with Crippen molar-refractivity contribution in [2.24, 2.45) is 4.99 Å². The zero-order valence-corrected chi connectivity index (χ0v) is 17.0. The summed E-state index contributed by atoms with van der Waals surface area (Å²) in [6, 6.07) is 12.5. The van der Waals surface area contributed by atoms with Gasteiger partial charge in [0.25, 0.3) is 0 Å². The summed E-state index contributed by atoms with van der Waals surface area (Å²) in [7, 11) is 0. The number of rotatable bonds is 4. The molecular weight excluding hydrogens is 425 g/mol. The molecule has 3 aromatic rings. The molecule has 1 aliphatic rings. The van der Waals surface area contributed by atoms with Crippen LogP contribution in [0.25, 0.3) is 11.1 Å². The van der Waals surface area contributed by atoms with Gasteiger partial charge in [-0.25, -0.2) is 26.9 Å². The maximum Gasteiger partial charge on any atom is 0.200 e. The topological polar surface area (TPSA) is 32.6 Å². The van der Waals surface area contributed by atoms with Gasteiger partial charge in [0.15, 0.2) is 23.3 Å². The van der Waals surface area contributed by atoms with E-state index in [-0.39, 0.29) is 17.2 Å². The Morgan fingerprint density at radius 1 is 0.750 bits per heavy atom. The predicted molar refractivity (Wildman–Crippen MR) is 113 cm³/mol. The lowest BCUT2D eigenvalue weighted by molar-refractivity contribution is 0.381. The monoisotopic (exact) mass is 445 g/mol. The Kier molecular flexibility index (Phi) is 6.26. The SMILES string of the molecule is Oc1c(C2CCCCC2)ccc(-c2ccccc2)c1C=Nc1c(F)c(F)c(F)c(F)c1F. The van der Waals surface area contributed by atoms with Gasteiger partial charge in [0.2, 0.25) is 5.82 Å². The fourth-order valence-electron chi connectivity index (χ4n) is 4.20. The van der Waals surface area contributed by atoms with Crippen molar-refractivity contribution in [2.45, 2.75) is 38.0 Å². The molecule has 0 amide bonds. The number of phenolic OH excluding ortho intramolecular Hbond substituents is 1. The molecule has 1 N–H and O–H groups in total. The van der Waals surface area contributed by atoms with Gasteiger partial charge in [-0.05, 0) is 35.4 Å². The summed E-state index contributed by atoms with van der Waals surface area (Å²) in [6.45, 7) is 0. The van der Waals surface area contributed by atoms with Gasteiger partial charge in [-0.1, -0.05) is 61.7 Å². The molecule has 0 atom stereocenters. The number of phenols is 1. The molecule has 1 saturated carbocycles. The molecule has 2 nitrogen and oxygen atoms in total. The van der Waals surface area contributed by atoms with E-state index < -0.39 is 34.8 Å². The molecule has 0 aliphatic heterocycles. The van der Waals surface area contributed by atoms with Crippen LogP contribution in [0.1, 0.15) is 49.1 Å². The minimum absolute atomic E-state index is 0.106. The lowest BCUT2D eigenvalue weighted by atomic mass is 9.82. The van der Waals surface area contributed by atoms with Crippen molar-refractivity contribution >= 4 is 11.9 Å². The van der Waals surface area contributed by atoms with E-state index in [0.717, 1.165) is 38.3 Å². The summed E-state index contributed by atoms with van der Waals surface area (Å²) in [6.07, 6.45) is 5.92. The molecule has 0 saturated heterocycles. The minimum atomic E-state index is -2.24. The summed E-state index contributed by atoms with van der Waals surface area (Å²) in [5, 5.41) is 11.1. The highest BCUT2D eigenvalue weighted by molar-refractivity contribution is 5.95. The van der Waals surface area contributed by atoms with E-state index in [2.05, 4.69) is 4.99 Å². The van der Waals surface area contributed by atoms with E-state index in [1.807, 2.05) is 12.1 Å². The summed E-state index contributed by atoms with van der Waals surface area (Å²) in [5.74, 6) is -10.4. The number of halogens is 5. The highest BCUT2D eigenvalue weighted by Gasteiger charge is 2.26. The first kappa shape index (κ1) is 22.0. The van der Waals surface area contributed by atoms with Crippen molar-refractivity contribution in [1.82, 2.24) is 0 Å². The molecule has 1 aliphatic carbocycles. The van der Waals surface area contributed by atoms with Crippen LogP contribution in [0.2, 0.25) is 0 Å². The highest BCUT2D eigenvalue weighted by Crippen LogP contribution is 2.41. The summed E-state index contributed by atoms with van der Waals surface area (Å²) < 4.78 is 68.7. The summed E-state index contributed by atoms with van der Waals surface area (Å²) in [4.78, 5) is 3.59. The zero-order chi connectivity index (χ0) is 22.8. The second-order valence-electron chi connectivity index (χ2n) is 7.84. The Labute approximate surface area is 182 Å². The van der Waals surface area contributed by atoms with Gasteiger partial charge >= 0.3 is 0 Å². The molecule has 7 heteroatoms. The fraction of sp³-hybridized carbons (Fsp3) is 0.240. The molecule has 3 aromatic carbocycles. The Bertz CT molecular complexity index is 1140. The van der Waals surface area contributed by atoms with Gasteiger partial charge in [0.05, 0.1) is 0 Å². The highest BCUT2D eigenvalue weighted by atomic mass is 19.2. The lowest BCUT2D eigenvalue weighted by Gasteiger charge is -2.24. The molecule has 1 fully saturated rings. The summed E-state index contributed by atoms with van der Waals surface area (Å²) >= 11 is 0. The Morgan fingerprint density at radius 3 is 1.97 bits per heavy atom. The van der Waals surface area contributed by atoms with Crippen LogP contribution in [0, 0.1) is 29.1 Å². The van der Waals surface area contributed by atoms with E-state index in [1.165, 1.54) is 0 Å². The van der Waals surface area contributed by atoms with Crippen LogP contribution in [0.4, 0.5) is 27.6 Å². The van der Waals surface area contributed by atoms with E-state index in [1.54, 1.807) is 30.3 Å². The van der Waals surface area contributed by atoms with Crippen LogP contribution in [-0.4, -0.2) is 11.3 Å². The van der Waals surface area contributed by atoms with Crippen LogP contribution in [-0.2, 0) is 0 Å². The second-order valence-corrected chi connectivity index (χ2v) is 7.84. The summed E-state index contributed by atoms with van der Waals surface area (Å²) in [5.41, 5.74) is 0.765. The molecule has 4 rings (SSSR count). The third-order valence-corrected chi connectivity index (χ3v) is 5.89. The quantitative estimate of drug-likeness (QED) is 0.191. The molecule has 0 unspecified atom stereocenters. The number of aromatic hydroxyl groups is 1. The Balaban J connectivity index is 1.87. The van der Waals surface area contributed by atoms with Crippen molar-refractivity contribution in [1.29, 1.82) is 0 Å². The molecule has 0 spiro atoms. The van der Waals surface area contributed by atoms with Gasteiger partial charge < -0.3 is 5.11 Å². The predicted octanol–water partition coefficient (Wildman–Crippen LogP) is 7.55. The average molecular weight is 445 g/mol. The average Bonchev–Trinajstić information content (AvgIpc) is 2.83. The minimum Gasteiger partial charge on any atom is -0.507 e. The Morgan fingerprint density at radius 2 is 1.34 bits per heavy atom. The van der Waals surface area contributed by atoms with Crippen molar-refractivity contribution < 1.29 is 27.1 Å². The first-order valence-electron chi connectivity index (χ1n) is 10.4. The van der Waals surface area contributed by atoms with E-state index >= 15 is 0 Å². The molecule has 32 heavy (non-hydrogen) atoms. The molecule has 166 valence electrons. The third-order valence-electron chi connectivity index (χ3n) is 5.89. The van der Waals surface area contributed by atoms with Crippen LogP contribution in [0.3, 0.4) is 0 Å². The van der Waals surface area contributed by atoms with Gasteiger partial charge in [-0.3, -0.25) is 0 Å². The fourth-order valence-corrected chi connectivity index (χ4v) is 4.20. The first-order valence-corrected chi connectivity index (χ1v) is 10.4. The maximum atomic E-state index is 14.1. The largest absolute Gasteiger partial charge is 0.507 e. The van der Waals surface area contributed by atoms with E-state index in [4.69, 9.17) is 0 Å². The number of benzene rings is 3. The van der Waals surface area contributed by atoms with Crippen LogP contribution in [0.15, 0.2) is 47.5 Å². The molecular formula is C25H20F5NO. The number of hydrogen-bond acceptors (Lipinski definition) is 2. The number of hydrogen-bond donors (Lipinski definition) is 1. The second kappa shape index (κ2) is 9.10. The standard InChI is InChI=1S/C25H20F5NO/c26-19-20(27)22(29)24(23(30)21(19)28)31-13-18-16(14-7-3-1-4-8-14)11-12-17(25(18)32)15-9-5-2-6-10-15/h1,3-4,7-8,11-13,15,32H,2,5-6,9-10H2. The van der Waals surface area contributed by atoms with Crippen LogP contribution >= 0.6 is 0 Å². The third kappa shape index (κ3) is 3.99. The molecule has 0 bridgehead atoms. The van der Waals surface area contributed by atoms with Crippen molar-refractivity contribution in [2.75, 3.05) is 0 Å². The molecule has 0 radical (unpaired) electrons. The van der Waals surface area contributed by atoms with Crippen molar-refractivity contribution in [3.05, 3.63) is 82.7 Å². The molecule has 0 heterocycles. The molecule has 0 aromatic heterocycles. The van der Waals surface area contributed by atoms with Crippen LogP contribution in [0.5, 0.6) is 5.75 Å². The van der Waals surface area contributed by atoms with Crippen LogP contribution < -0.4 is 0 Å². The van der Waals surface area contributed by atoms with E-state index in [0.29, 0.717) is 16.7 Å². The van der Waals surface area contributed by atoms with E-state index in [9.17, 15) is 27.1 Å². The van der Waals surface area contributed by atoms with Gasteiger partial charge in [-0.15, -0.1) is 0 Å². The first-order chi connectivity index (χ1) is 15.4. The number of nitrogens with zero attached hydrogens (tertiary/aromatic N) is 1. The normalized spacial score (nSPS) is 14.9.